The Bertz CT molecular complexity index is 772. The molecule has 2 heterocycles. The highest BCUT2D eigenvalue weighted by Crippen LogP contribution is 2.32. The molecule has 7 nitrogen and oxygen atoms in total. The van der Waals surface area contributed by atoms with Crippen LogP contribution in [0.15, 0.2) is 23.1 Å². The molecule has 1 aromatic carbocycles. The summed E-state index contributed by atoms with van der Waals surface area (Å²) in [5.74, 6) is 0.992. The summed E-state index contributed by atoms with van der Waals surface area (Å²) in [6.45, 7) is 6.17. The van der Waals surface area contributed by atoms with Gasteiger partial charge in [-0.25, -0.2) is 8.42 Å². The normalized spacial score (nSPS) is 18.4. The van der Waals surface area contributed by atoms with E-state index < -0.39 is 16.1 Å². The lowest BCUT2D eigenvalue weighted by Crippen LogP contribution is -2.50. The number of carbonyl (C=O) groups is 1. The first-order valence-electron chi connectivity index (χ1n) is 9.57. The molecule has 0 unspecified atom stereocenters. The van der Waals surface area contributed by atoms with E-state index in [1.807, 2.05) is 13.8 Å². The highest BCUT2D eigenvalue weighted by atomic mass is 32.2. The second-order valence-corrected chi connectivity index (χ2v) is 9.21. The van der Waals surface area contributed by atoms with Crippen LogP contribution in [0, 0.1) is 5.92 Å². The second-order valence-electron chi connectivity index (χ2n) is 7.49. The molecule has 1 atom stereocenters. The van der Waals surface area contributed by atoms with Crippen LogP contribution in [0.5, 0.6) is 11.5 Å². The third-order valence-corrected chi connectivity index (χ3v) is 6.26. The minimum atomic E-state index is -3.86. The molecule has 8 heteroatoms. The van der Waals surface area contributed by atoms with Crippen molar-refractivity contribution in [3.05, 3.63) is 18.2 Å². The zero-order chi connectivity index (χ0) is 19.4. The van der Waals surface area contributed by atoms with Gasteiger partial charge in [-0.05, 0) is 43.7 Å². The number of likely N-dealkylation sites (tertiary alicyclic amines) is 1. The SMILES string of the molecule is CC(C)C[C@H](NS(=O)(=O)c1ccc2c(c1)OCCO2)C(=O)N1CCCCC1. The van der Waals surface area contributed by atoms with Crippen molar-refractivity contribution in [1.29, 1.82) is 0 Å². The van der Waals surface area contributed by atoms with E-state index in [9.17, 15) is 13.2 Å². The standard InChI is InChI=1S/C19H28N2O5S/c1-14(2)12-16(19(22)21-8-4-3-5-9-21)20-27(23,24)15-6-7-17-18(13-15)26-11-10-25-17/h6-7,13-14,16,20H,3-5,8-12H2,1-2H3/t16-/m0/s1. The van der Waals surface area contributed by atoms with Crippen LogP contribution in [-0.2, 0) is 14.8 Å². The number of hydrogen-bond acceptors (Lipinski definition) is 5. The topological polar surface area (TPSA) is 84.9 Å². The number of hydrogen-bond donors (Lipinski definition) is 1. The van der Waals surface area contributed by atoms with Gasteiger partial charge in [-0.15, -0.1) is 0 Å². The largest absolute Gasteiger partial charge is 0.486 e. The summed E-state index contributed by atoms with van der Waals surface area (Å²) in [4.78, 5) is 14.8. The minimum absolute atomic E-state index is 0.0759. The molecular weight excluding hydrogens is 368 g/mol. The Balaban J connectivity index is 1.80. The molecule has 1 saturated heterocycles. The number of carbonyl (C=O) groups excluding carboxylic acids is 1. The van der Waals surface area contributed by atoms with E-state index in [0.717, 1.165) is 19.3 Å². The summed E-state index contributed by atoms with van der Waals surface area (Å²) in [7, 11) is -3.86. The molecule has 2 aliphatic heterocycles. The van der Waals surface area contributed by atoms with Crippen molar-refractivity contribution in [2.24, 2.45) is 5.92 Å². The number of piperidine rings is 1. The molecule has 1 aromatic rings. The molecular formula is C19H28N2O5S. The van der Waals surface area contributed by atoms with E-state index >= 15 is 0 Å². The van der Waals surface area contributed by atoms with Gasteiger partial charge in [0.15, 0.2) is 11.5 Å². The molecule has 27 heavy (non-hydrogen) atoms. The van der Waals surface area contributed by atoms with Gasteiger partial charge in [0.25, 0.3) is 0 Å². The number of rotatable bonds is 6. The van der Waals surface area contributed by atoms with Gasteiger partial charge in [0, 0.05) is 19.2 Å². The number of sulfonamides is 1. The molecule has 150 valence electrons. The highest BCUT2D eigenvalue weighted by molar-refractivity contribution is 7.89. The third-order valence-electron chi connectivity index (χ3n) is 4.79. The second kappa shape index (κ2) is 8.48. The molecule has 0 saturated carbocycles. The molecule has 0 radical (unpaired) electrons. The van der Waals surface area contributed by atoms with E-state index in [1.54, 1.807) is 11.0 Å². The number of nitrogens with one attached hydrogen (secondary N) is 1. The minimum Gasteiger partial charge on any atom is -0.486 e. The summed E-state index contributed by atoms with van der Waals surface area (Å²) < 4.78 is 39.4. The lowest BCUT2D eigenvalue weighted by Gasteiger charge is -2.31. The summed E-state index contributed by atoms with van der Waals surface area (Å²) in [6, 6.07) is 3.76. The fourth-order valence-corrected chi connectivity index (χ4v) is 4.67. The smallest absolute Gasteiger partial charge is 0.241 e. The van der Waals surface area contributed by atoms with Crippen LogP contribution < -0.4 is 14.2 Å². The molecule has 1 fully saturated rings. The molecule has 1 amide bonds. The predicted octanol–water partition coefficient (Wildman–Crippen LogP) is 2.16. The van der Waals surface area contributed by atoms with Crippen LogP contribution in [0.1, 0.15) is 39.5 Å². The lowest BCUT2D eigenvalue weighted by atomic mass is 10.0. The maximum Gasteiger partial charge on any atom is 0.241 e. The van der Waals surface area contributed by atoms with Crippen LogP contribution in [0.2, 0.25) is 0 Å². The molecule has 0 aliphatic carbocycles. The Kier molecular flexibility index (Phi) is 6.26. The molecule has 0 spiro atoms. The summed E-state index contributed by atoms with van der Waals surface area (Å²) in [5, 5.41) is 0. The van der Waals surface area contributed by atoms with Gasteiger partial charge in [0.1, 0.15) is 19.3 Å². The Morgan fingerprint density at radius 2 is 1.78 bits per heavy atom. The number of nitrogens with zero attached hydrogens (tertiary/aromatic N) is 1. The van der Waals surface area contributed by atoms with Gasteiger partial charge >= 0.3 is 0 Å². The Morgan fingerprint density at radius 1 is 1.11 bits per heavy atom. The van der Waals surface area contributed by atoms with E-state index in [1.165, 1.54) is 12.1 Å². The maximum atomic E-state index is 12.9. The number of ether oxygens (including phenoxy) is 2. The van der Waals surface area contributed by atoms with Gasteiger partial charge < -0.3 is 14.4 Å². The van der Waals surface area contributed by atoms with Gasteiger partial charge in [-0.3, -0.25) is 4.79 Å². The zero-order valence-electron chi connectivity index (χ0n) is 15.9. The zero-order valence-corrected chi connectivity index (χ0v) is 16.8. The summed E-state index contributed by atoms with van der Waals surface area (Å²) in [6.07, 6.45) is 3.50. The third kappa shape index (κ3) is 4.93. The Hall–Kier alpha value is -1.80. The molecule has 3 rings (SSSR count). The molecule has 1 N–H and O–H groups in total. The number of amides is 1. The van der Waals surface area contributed by atoms with E-state index in [2.05, 4.69) is 4.72 Å². The first-order chi connectivity index (χ1) is 12.9. The quantitative estimate of drug-likeness (QED) is 0.797. The van der Waals surface area contributed by atoms with Crippen LogP contribution in [0.25, 0.3) is 0 Å². The van der Waals surface area contributed by atoms with E-state index in [0.29, 0.717) is 44.2 Å². The van der Waals surface area contributed by atoms with Gasteiger partial charge in [-0.2, -0.15) is 4.72 Å². The van der Waals surface area contributed by atoms with E-state index in [4.69, 9.17) is 9.47 Å². The van der Waals surface area contributed by atoms with Crippen LogP contribution in [-0.4, -0.2) is 51.6 Å². The number of benzene rings is 1. The first-order valence-corrected chi connectivity index (χ1v) is 11.1. The van der Waals surface area contributed by atoms with Crippen molar-refractivity contribution in [2.45, 2.75) is 50.5 Å². The maximum absolute atomic E-state index is 12.9. The van der Waals surface area contributed by atoms with Crippen molar-refractivity contribution >= 4 is 15.9 Å². The van der Waals surface area contributed by atoms with Crippen molar-refractivity contribution < 1.29 is 22.7 Å². The Morgan fingerprint density at radius 3 is 2.44 bits per heavy atom. The average Bonchev–Trinajstić information content (AvgIpc) is 2.66. The summed E-state index contributed by atoms with van der Waals surface area (Å²) >= 11 is 0. The number of fused-ring (bicyclic) bond motifs is 1. The van der Waals surface area contributed by atoms with E-state index in [-0.39, 0.29) is 16.7 Å². The first kappa shape index (κ1) is 19.9. The molecule has 2 aliphatic rings. The fourth-order valence-electron chi connectivity index (χ4n) is 3.45. The Labute approximate surface area is 161 Å². The van der Waals surface area contributed by atoms with Gasteiger partial charge in [0.05, 0.1) is 4.90 Å². The van der Waals surface area contributed by atoms with Crippen LogP contribution >= 0.6 is 0 Å². The molecule has 0 bridgehead atoms. The fraction of sp³-hybridized carbons (Fsp3) is 0.632. The van der Waals surface area contributed by atoms with Crippen LogP contribution in [0.4, 0.5) is 0 Å². The van der Waals surface area contributed by atoms with Crippen molar-refractivity contribution in [1.82, 2.24) is 9.62 Å². The highest BCUT2D eigenvalue weighted by Gasteiger charge is 2.31. The van der Waals surface area contributed by atoms with Crippen LogP contribution in [0.3, 0.4) is 0 Å². The predicted molar refractivity (Wildman–Crippen MR) is 101 cm³/mol. The average molecular weight is 397 g/mol. The monoisotopic (exact) mass is 396 g/mol. The van der Waals surface area contributed by atoms with Gasteiger partial charge in [-0.1, -0.05) is 13.8 Å². The van der Waals surface area contributed by atoms with Crippen molar-refractivity contribution in [3.63, 3.8) is 0 Å². The van der Waals surface area contributed by atoms with Crippen molar-refractivity contribution in [3.8, 4) is 11.5 Å². The van der Waals surface area contributed by atoms with Crippen molar-refractivity contribution in [2.75, 3.05) is 26.3 Å². The lowest BCUT2D eigenvalue weighted by molar-refractivity contribution is -0.134. The summed E-state index contributed by atoms with van der Waals surface area (Å²) in [5.41, 5.74) is 0. The van der Waals surface area contributed by atoms with Gasteiger partial charge in [0.2, 0.25) is 15.9 Å². The molecule has 0 aromatic heterocycles.